The van der Waals surface area contributed by atoms with Crippen molar-refractivity contribution in [2.45, 2.75) is 13.8 Å². The number of halogens is 2. The fourth-order valence-electron chi connectivity index (χ4n) is 2.39. The molecule has 138 valence electrons. The first-order valence-corrected chi connectivity index (χ1v) is 10.2. The first-order valence-electron chi connectivity index (χ1n) is 7.99. The minimum atomic E-state index is -0.409. The van der Waals surface area contributed by atoms with Crippen LogP contribution in [0.1, 0.15) is 27.2 Å². The number of nitrogens with zero attached hydrogens (tertiary/aromatic N) is 2. The van der Waals surface area contributed by atoms with Gasteiger partial charge in [-0.15, -0.1) is 0 Å². The van der Waals surface area contributed by atoms with Crippen LogP contribution in [-0.4, -0.2) is 27.4 Å². The molecule has 0 radical (unpaired) electrons. The molecule has 27 heavy (non-hydrogen) atoms. The van der Waals surface area contributed by atoms with Gasteiger partial charge in [0, 0.05) is 14.7 Å². The van der Waals surface area contributed by atoms with E-state index in [1.54, 1.807) is 12.1 Å². The second kappa shape index (κ2) is 8.38. The van der Waals surface area contributed by atoms with Gasteiger partial charge in [-0.05, 0) is 94.4 Å². The molecule has 0 aliphatic rings. The monoisotopic (exact) mass is 586 g/mol. The van der Waals surface area contributed by atoms with Crippen LogP contribution in [0.5, 0.6) is 5.75 Å². The Labute approximate surface area is 183 Å². The molecule has 0 unspecified atom stereocenters. The molecule has 8 heteroatoms. The molecular formula is C19H16I2N4O2. The molecular weight excluding hydrogens is 570 g/mol. The molecule has 0 aliphatic heterocycles. The molecule has 0 atom stereocenters. The highest BCUT2D eigenvalue weighted by Crippen LogP contribution is 2.25. The van der Waals surface area contributed by atoms with Gasteiger partial charge in [0.25, 0.3) is 5.91 Å². The van der Waals surface area contributed by atoms with Crippen LogP contribution < -0.4 is 5.43 Å². The molecule has 0 spiro atoms. The van der Waals surface area contributed by atoms with Crippen LogP contribution >= 0.6 is 45.2 Å². The number of carbonyl (C=O) groups is 1. The van der Waals surface area contributed by atoms with E-state index < -0.39 is 5.91 Å². The summed E-state index contributed by atoms with van der Waals surface area (Å²) in [5.41, 5.74) is 7.28. The molecule has 3 rings (SSSR count). The summed E-state index contributed by atoms with van der Waals surface area (Å²) in [4.78, 5) is 12.3. The molecule has 0 saturated carbocycles. The minimum absolute atomic E-state index is 0.132. The van der Waals surface area contributed by atoms with Crippen molar-refractivity contribution in [1.29, 1.82) is 0 Å². The lowest BCUT2D eigenvalue weighted by atomic mass is 10.0. The zero-order valence-electron chi connectivity index (χ0n) is 14.5. The second-order valence-corrected chi connectivity index (χ2v) is 8.40. The first kappa shape index (κ1) is 19.8. The van der Waals surface area contributed by atoms with E-state index in [2.05, 4.69) is 43.3 Å². The molecule has 1 aromatic heterocycles. The van der Waals surface area contributed by atoms with Crippen LogP contribution in [-0.2, 0) is 0 Å². The highest BCUT2D eigenvalue weighted by atomic mass is 127. The maximum atomic E-state index is 12.3. The fraction of sp³-hybridized carbons (Fsp3) is 0.105. The lowest BCUT2D eigenvalue weighted by molar-refractivity contribution is 0.0950. The summed E-state index contributed by atoms with van der Waals surface area (Å²) >= 11 is 4.20. The average molecular weight is 586 g/mol. The third-order valence-corrected chi connectivity index (χ3v) is 5.50. The molecule has 0 aliphatic carbocycles. The van der Waals surface area contributed by atoms with E-state index in [0.29, 0.717) is 17.0 Å². The zero-order chi connectivity index (χ0) is 19.6. The normalized spacial score (nSPS) is 11.1. The Balaban J connectivity index is 1.72. The Kier molecular flexibility index (Phi) is 6.15. The van der Waals surface area contributed by atoms with Gasteiger partial charge >= 0.3 is 0 Å². The van der Waals surface area contributed by atoms with Crippen molar-refractivity contribution >= 4 is 57.3 Å². The number of hydrogen-bond donors (Lipinski definition) is 3. The van der Waals surface area contributed by atoms with Crippen molar-refractivity contribution < 1.29 is 9.90 Å². The van der Waals surface area contributed by atoms with Crippen LogP contribution in [0, 0.1) is 21.0 Å². The van der Waals surface area contributed by atoms with Crippen molar-refractivity contribution in [3.63, 3.8) is 0 Å². The number of rotatable bonds is 4. The Morgan fingerprint density at radius 3 is 2.70 bits per heavy atom. The van der Waals surface area contributed by atoms with Crippen LogP contribution in [0.25, 0.3) is 11.3 Å². The van der Waals surface area contributed by atoms with E-state index in [9.17, 15) is 9.90 Å². The number of aromatic nitrogens is 2. The van der Waals surface area contributed by atoms with Gasteiger partial charge in [0.2, 0.25) is 0 Å². The summed E-state index contributed by atoms with van der Waals surface area (Å²) in [5.74, 6) is -0.277. The van der Waals surface area contributed by atoms with Gasteiger partial charge in [0.05, 0.1) is 15.5 Å². The van der Waals surface area contributed by atoms with Gasteiger partial charge < -0.3 is 5.11 Å². The van der Waals surface area contributed by atoms with Crippen molar-refractivity contribution in [1.82, 2.24) is 15.6 Å². The molecule has 1 amide bonds. The Morgan fingerprint density at radius 1 is 1.19 bits per heavy atom. The number of aromatic hydroxyl groups is 1. The molecule has 3 N–H and O–H groups in total. The first-order chi connectivity index (χ1) is 12.8. The fourth-order valence-corrected chi connectivity index (χ4v) is 4.28. The summed E-state index contributed by atoms with van der Waals surface area (Å²) in [6.45, 7) is 4.09. The molecule has 2 aromatic carbocycles. The number of phenolic OH excluding ortho intramolecular Hbond substituents is 1. The SMILES string of the molecule is Cc1ccc(-c2cc(C(=O)N/N=C/c3cc(I)cc(I)c3O)[nH]n2)cc1C. The summed E-state index contributed by atoms with van der Waals surface area (Å²) in [5, 5.41) is 20.9. The van der Waals surface area contributed by atoms with Crippen molar-refractivity contribution in [3.05, 3.63) is 65.9 Å². The van der Waals surface area contributed by atoms with E-state index in [-0.39, 0.29) is 5.75 Å². The standard InChI is InChI=1S/C19H16I2N4O2/c1-10-3-4-12(5-11(10)2)16-8-17(24-23-16)19(27)25-22-9-13-6-14(20)7-15(21)18(13)26/h3-9,26H,1-2H3,(H,23,24)(H,25,27)/b22-9+. The topological polar surface area (TPSA) is 90.4 Å². The van der Waals surface area contributed by atoms with Gasteiger partial charge in [0.15, 0.2) is 0 Å². The number of hydrogen-bond acceptors (Lipinski definition) is 4. The Morgan fingerprint density at radius 2 is 1.96 bits per heavy atom. The lowest BCUT2D eigenvalue weighted by Crippen LogP contribution is -2.18. The van der Waals surface area contributed by atoms with Crippen LogP contribution in [0.15, 0.2) is 41.5 Å². The number of benzene rings is 2. The van der Waals surface area contributed by atoms with Gasteiger partial charge in [-0.3, -0.25) is 9.89 Å². The summed E-state index contributed by atoms with van der Waals surface area (Å²) in [7, 11) is 0. The maximum absolute atomic E-state index is 12.3. The van der Waals surface area contributed by atoms with E-state index in [1.807, 2.05) is 60.7 Å². The summed E-state index contributed by atoms with van der Waals surface area (Å²) in [6.07, 6.45) is 1.41. The maximum Gasteiger partial charge on any atom is 0.289 e. The van der Waals surface area contributed by atoms with Crippen molar-refractivity contribution in [2.75, 3.05) is 0 Å². The largest absolute Gasteiger partial charge is 0.506 e. The van der Waals surface area contributed by atoms with Crippen molar-refractivity contribution in [2.24, 2.45) is 5.10 Å². The minimum Gasteiger partial charge on any atom is -0.506 e. The molecule has 0 bridgehead atoms. The highest BCUT2D eigenvalue weighted by molar-refractivity contribution is 14.1. The van der Waals surface area contributed by atoms with E-state index in [0.717, 1.165) is 18.3 Å². The van der Waals surface area contributed by atoms with Gasteiger partial charge in [-0.25, -0.2) is 5.43 Å². The predicted octanol–water partition coefficient (Wildman–Crippen LogP) is 4.37. The molecule has 0 saturated heterocycles. The zero-order valence-corrected chi connectivity index (χ0v) is 18.9. The highest BCUT2D eigenvalue weighted by Gasteiger charge is 2.11. The Hall–Kier alpha value is -1.95. The third kappa shape index (κ3) is 4.67. The van der Waals surface area contributed by atoms with Gasteiger partial charge in [-0.2, -0.15) is 10.2 Å². The average Bonchev–Trinajstić information content (AvgIpc) is 3.11. The smallest absolute Gasteiger partial charge is 0.289 e. The number of aryl methyl sites for hydroxylation is 2. The Bertz CT molecular complexity index is 1040. The lowest BCUT2D eigenvalue weighted by Gasteiger charge is -2.03. The molecule has 3 aromatic rings. The number of carbonyl (C=O) groups excluding carboxylic acids is 1. The molecule has 6 nitrogen and oxygen atoms in total. The van der Waals surface area contributed by atoms with Gasteiger partial charge in [0.1, 0.15) is 11.4 Å². The van der Waals surface area contributed by atoms with E-state index in [4.69, 9.17) is 0 Å². The molecule has 0 fully saturated rings. The van der Waals surface area contributed by atoms with Crippen LogP contribution in [0.4, 0.5) is 0 Å². The number of aromatic amines is 1. The van der Waals surface area contributed by atoms with Crippen LogP contribution in [0.2, 0.25) is 0 Å². The second-order valence-electron chi connectivity index (χ2n) is 5.99. The number of hydrazone groups is 1. The number of nitrogens with one attached hydrogen (secondary N) is 2. The quantitative estimate of drug-likeness (QED) is 0.241. The van der Waals surface area contributed by atoms with Gasteiger partial charge in [-0.1, -0.05) is 12.1 Å². The van der Waals surface area contributed by atoms with Crippen LogP contribution in [0.3, 0.4) is 0 Å². The van der Waals surface area contributed by atoms with E-state index >= 15 is 0 Å². The third-order valence-electron chi connectivity index (χ3n) is 4.05. The van der Waals surface area contributed by atoms with Crippen molar-refractivity contribution in [3.8, 4) is 17.0 Å². The predicted molar refractivity (Wildman–Crippen MR) is 122 cm³/mol. The number of phenols is 1. The number of amides is 1. The summed E-state index contributed by atoms with van der Waals surface area (Å²) in [6, 6.07) is 11.3. The summed E-state index contributed by atoms with van der Waals surface area (Å²) < 4.78 is 1.69. The number of H-pyrrole nitrogens is 1. The van der Waals surface area contributed by atoms with E-state index in [1.165, 1.54) is 11.8 Å². The molecule has 1 heterocycles.